The number of nitrogens with zero attached hydrogens (tertiary/aromatic N) is 6. The van der Waals surface area contributed by atoms with Crippen molar-refractivity contribution < 1.29 is 9.53 Å². The fourth-order valence-electron chi connectivity index (χ4n) is 2.74. The summed E-state index contributed by atoms with van der Waals surface area (Å²) in [5.41, 5.74) is 1.26. The molecule has 0 N–H and O–H groups in total. The van der Waals surface area contributed by atoms with Crippen LogP contribution in [0.15, 0.2) is 31.0 Å². The van der Waals surface area contributed by atoms with E-state index < -0.39 is 0 Å². The van der Waals surface area contributed by atoms with Crippen molar-refractivity contribution in [3.63, 3.8) is 0 Å². The standard InChI is InChI=1S/C17H22N6O2/c1-22(2)16-10-20-14(8-21-16)7-13-11-23(5-6-25-12-13)17(24)15-9-18-3-4-19-15/h3-4,8-10,13H,5-7,11-12H2,1-2H3. The van der Waals surface area contributed by atoms with Crippen LogP contribution in [0, 0.1) is 5.92 Å². The van der Waals surface area contributed by atoms with Crippen LogP contribution in [0.3, 0.4) is 0 Å². The van der Waals surface area contributed by atoms with Crippen LogP contribution in [0.25, 0.3) is 0 Å². The maximum Gasteiger partial charge on any atom is 0.274 e. The summed E-state index contributed by atoms with van der Waals surface area (Å²) in [6.45, 7) is 2.28. The predicted octanol–water partition coefficient (Wildman–Crippen LogP) is 0.664. The van der Waals surface area contributed by atoms with Gasteiger partial charge in [0.05, 0.1) is 37.5 Å². The Labute approximate surface area is 146 Å². The van der Waals surface area contributed by atoms with Gasteiger partial charge in [-0.05, 0) is 6.42 Å². The number of amides is 1. The second-order valence-corrected chi connectivity index (χ2v) is 6.25. The lowest BCUT2D eigenvalue weighted by molar-refractivity contribution is 0.0731. The third-order valence-electron chi connectivity index (χ3n) is 4.05. The average molecular weight is 342 g/mol. The number of anilines is 1. The molecule has 1 aliphatic heterocycles. The normalized spacial score (nSPS) is 17.8. The lowest BCUT2D eigenvalue weighted by Gasteiger charge is -2.23. The molecule has 1 unspecified atom stereocenters. The third-order valence-corrected chi connectivity index (χ3v) is 4.05. The molecule has 1 atom stereocenters. The number of carbonyl (C=O) groups excluding carboxylic acids is 1. The molecule has 3 rings (SSSR count). The van der Waals surface area contributed by atoms with E-state index in [0.29, 0.717) is 38.4 Å². The molecule has 25 heavy (non-hydrogen) atoms. The van der Waals surface area contributed by atoms with Gasteiger partial charge >= 0.3 is 0 Å². The second kappa shape index (κ2) is 7.98. The van der Waals surface area contributed by atoms with Crippen LogP contribution in [0.1, 0.15) is 16.2 Å². The van der Waals surface area contributed by atoms with Crippen LogP contribution >= 0.6 is 0 Å². The Morgan fingerprint density at radius 2 is 2.12 bits per heavy atom. The molecule has 3 heterocycles. The number of rotatable bonds is 4. The first-order valence-electron chi connectivity index (χ1n) is 8.25. The van der Waals surface area contributed by atoms with Crippen LogP contribution in [-0.2, 0) is 11.2 Å². The van der Waals surface area contributed by atoms with E-state index in [1.807, 2.05) is 19.0 Å². The molecule has 132 valence electrons. The molecule has 0 spiro atoms. The van der Waals surface area contributed by atoms with Gasteiger partial charge in [0.15, 0.2) is 0 Å². The molecule has 0 radical (unpaired) electrons. The summed E-state index contributed by atoms with van der Waals surface area (Å²) in [5, 5.41) is 0. The minimum Gasteiger partial charge on any atom is -0.379 e. The van der Waals surface area contributed by atoms with Gasteiger partial charge in [-0.2, -0.15) is 0 Å². The number of carbonyl (C=O) groups is 1. The Bertz CT molecular complexity index is 692. The van der Waals surface area contributed by atoms with Crippen molar-refractivity contribution in [2.45, 2.75) is 6.42 Å². The van der Waals surface area contributed by atoms with Crippen molar-refractivity contribution >= 4 is 11.7 Å². The van der Waals surface area contributed by atoms with Gasteiger partial charge in [-0.3, -0.25) is 14.8 Å². The highest BCUT2D eigenvalue weighted by molar-refractivity contribution is 5.92. The summed E-state index contributed by atoms with van der Waals surface area (Å²) in [4.78, 5) is 33.2. The number of hydrogen-bond donors (Lipinski definition) is 0. The molecule has 0 bridgehead atoms. The van der Waals surface area contributed by atoms with Crippen molar-refractivity contribution in [3.8, 4) is 0 Å². The van der Waals surface area contributed by atoms with Gasteiger partial charge in [-0.1, -0.05) is 0 Å². The molecule has 8 heteroatoms. The smallest absolute Gasteiger partial charge is 0.274 e. The summed E-state index contributed by atoms with van der Waals surface area (Å²) >= 11 is 0. The SMILES string of the molecule is CN(C)c1cnc(CC2COCCN(C(=O)c3cnccn3)C2)cn1. The van der Waals surface area contributed by atoms with E-state index in [1.165, 1.54) is 12.4 Å². The first kappa shape index (κ1) is 17.2. The molecular formula is C17H22N6O2. The zero-order valence-electron chi connectivity index (χ0n) is 14.5. The molecule has 2 aromatic rings. The maximum atomic E-state index is 12.6. The Balaban J connectivity index is 1.66. The molecular weight excluding hydrogens is 320 g/mol. The summed E-state index contributed by atoms with van der Waals surface area (Å²) in [7, 11) is 3.86. The first-order valence-corrected chi connectivity index (χ1v) is 8.25. The van der Waals surface area contributed by atoms with Gasteiger partial charge in [0, 0.05) is 45.5 Å². The van der Waals surface area contributed by atoms with Gasteiger partial charge in [-0.15, -0.1) is 0 Å². The summed E-state index contributed by atoms with van der Waals surface area (Å²) in [6.07, 6.45) is 8.84. The number of aromatic nitrogens is 4. The molecule has 1 aliphatic rings. The molecule has 1 saturated heterocycles. The monoisotopic (exact) mass is 342 g/mol. The fourth-order valence-corrected chi connectivity index (χ4v) is 2.74. The topological polar surface area (TPSA) is 84.3 Å². The van der Waals surface area contributed by atoms with Gasteiger partial charge < -0.3 is 14.5 Å². The third kappa shape index (κ3) is 4.48. The molecule has 0 saturated carbocycles. The van der Waals surface area contributed by atoms with E-state index in [4.69, 9.17) is 4.74 Å². The minimum atomic E-state index is -0.113. The average Bonchev–Trinajstić information content (AvgIpc) is 2.88. The molecule has 2 aromatic heterocycles. The summed E-state index contributed by atoms with van der Waals surface area (Å²) in [6, 6.07) is 0. The quantitative estimate of drug-likeness (QED) is 0.807. The Morgan fingerprint density at radius 1 is 1.24 bits per heavy atom. The van der Waals surface area contributed by atoms with Crippen LogP contribution in [0.4, 0.5) is 5.82 Å². The van der Waals surface area contributed by atoms with Gasteiger partial charge in [-0.25, -0.2) is 9.97 Å². The van der Waals surface area contributed by atoms with Gasteiger partial charge in [0.1, 0.15) is 11.5 Å². The number of hydrogen-bond acceptors (Lipinski definition) is 7. The first-order chi connectivity index (χ1) is 12.1. The van der Waals surface area contributed by atoms with Crippen LogP contribution in [-0.4, -0.2) is 71.1 Å². The van der Waals surface area contributed by atoms with E-state index in [0.717, 1.165) is 11.5 Å². The van der Waals surface area contributed by atoms with Crippen LogP contribution in [0.2, 0.25) is 0 Å². The number of ether oxygens (including phenoxy) is 1. The molecule has 8 nitrogen and oxygen atoms in total. The largest absolute Gasteiger partial charge is 0.379 e. The van der Waals surface area contributed by atoms with Crippen LogP contribution < -0.4 is 4.90 Å². The fraction of sp³-hybridized carbons (Fsp3) is 0.471. The summed E-state index contributed by atoms with van der Waals surface area (Å²) in [5.74, 6) is 0.876. The van der Waals surface area contributed by atoms with Crippen molar-refractivity contribution in [2.24, 2.45) is 5.92 Å². The van der Waals surface area contributed by atoms with Gasteiger partial charge in [0.2, 0.25) is 0 Å². The van der Waals surface area contributed by atoms with Gasteiger partial charge in [0.25, 0.3) is 5.91 Å². The summed E-state index contributed by atoms with van der Waals surface area (Å²) < 4.78 is 5.67. The Hall–Kier alpha value is -2.61. The minimum absolute atomic E-state index is 0.113. The molecule has 0 aromatic carbocycles. The van der Waals surface area contributed by atoms with Crippen molar-refractivity contribution in [2.75, 3.05) is 45.3 Å². The lowest BCUT2D eigenvalue weighted by atomic mass is 10.0. The zero-order chi connectivity index (χ0) is 17.6. The van der Waals surface area contributed by atoms with E-state index in [1.54, 1.807) is 23.5 Å². The highest BCUT2D eigenvalue weighted by Gasteiger charge is 2.24. The van der Waals surface area contributed by atoms with E-state index >= 15 is 0 Å². The van der Waals surface area contributed by atoms with Crippen LogP contribution in [0.5, 0.6) is 0 Å². The van der Waals surface area contributed by atoms with E-state index in [2.05, 4.69) is 19.9 Å². The van der Waals surface area contributed by atoms with Crippen molar-refractivity contribution in [3.05, 3.63) is 42.4 Å². The highest BCUT2D eigenvalue weighted by atomic mass is 16.5. The Morgan fingerprint density at radius 3 is 2.80 bits per heavy atom. The Kier molecular flexibility index (Phi) is 5.49. The predicted molar refractivity (Wildman–Crippen MR) is 92.3 cm³/mol. The molecule has 1 fully saturated rings. The lowest BCUT2D eigenvalue weighted by Crippen LogP contribution is -2.37. The highest BCUT2D eigenvalue weighted by Crippen LogP contribution is 2.15. The zero-order valence-corrected chi connectivity index (χ0v) is 14.5. The molecule has 0 aliphatic carbocycles. The molecule has 1 amide bonds. The van der Waals surface area contributed by atoms with Crippen molar-refractivity contribution in [1.29, 1.82) is 0 Å². The van der Waals surface area contributed by atoms with E-state index in [9.17, 15) is 4.79 Å². The second-order valence-electron chi connectivity index (χ2n) is 6.25. The maximum absolute atomic E-state index is 12.6. The van der Waals surface area contributed by atoms with E-state index in [-0.39, 0.29) is 11.8 Å². The van der Waals surface area contributed by atoms with Crippen molar-refractivity contribution in [1.82, 2.24) is 24.8 Å².